The molecule has 1 aliphatic heterocycles. The molecule has 3 amide bonds. The number of imide groups is 1. The van der Waals surface area contributed by atoms with Gasteiger partial charge in [0.15, 0.2) is 0 Å². The number of ether oxygens (including phenoxy) is 1. The Kier molecular flexibility index (Phi) is 4.88. The third kappa shape index (κ3) is 3.44. The molecule has 1 heterocycles. The number of amides is 3. The highest BCUT2D eigenvalue weighted by Crippen LogP contribution is 2.30. The van der Waals surface area contributed by atoms with E-state index in [1.807, 2.05) is 0 Å². The maximum atomic E-state index is 13.9. The van der Waals surface area contributed by atoms with Crippen molar-refractivity contribution >= 4 is 11.9 Å². The van der Waals surface area contributed by atoms with Crippen molar-refractivity contribution in [3.8, 4) is 0 Å². The number of carbonyl (C=O) groups is 2. The molecule has 1 aromatic carbocycles. The van der Waals surface area contributed by atoms with Crippen LogP contribution in [-0.2, 0) is 15.1 Å². The average molecular weight is 334 g/mol. The second kappa shape index (κ2) is 6.53. The van der Waals surface area contributed by atoms with Gasteiger partial charge in [-0.1, -0.05) is 6.07 Å². The predicted molar refractivity (Wildman–Crippen MR) is 70.8 cm³/mol. The summed E-state index contributed by atoms with van der Waals surface area (Å²) in [6.45, 7) is -0.0572. The van der Waals surface area contributed by atoms with Gasteiger partial charge in [-0.3, -0.25) is 9.69 Å². The molecule has 1 aromatic rings. The van der Waals surface area contributed by atoms with Crippen LogP contribution < -0.4 is 5.32 Å². The van der Waals surface area contributed by atoms with Crippen molar-refractivity contribution in [2.75, 3.05) is 19.8 Å². The van der Waals surface area contributed by atoms with Crippen LogP contribution in [0.2, 0.25) is 0 Å². The molecule has 1 fully saturated rings. The molecule has 0 aliphatic carbocycles. The zero-order chi connectivity index (χ0) is 17.2. The van der Waals surface area contributed by atoms with E-state index in [1.165, 1.54) is 6.92 Å². The molecule has 126 valence electrons. The molecule has 23 heavy (non-hydrogen) atoms. The lowest BCUT2D eigenvalue weighted by molar-refractivity contribution is -0.131. The molecule has 9 heteroatoms. The van der Waals surface area contributed by atoms with Gasteiger partial charge in [0.1, 0.15) is 23.8 Å². The molecule has 0 aromatic heterocycles. The van der Waals surface area contributed by atoms with Gasteiger partial charge in [0.05, 0.1) is 13.2 Å². The highest BCUT2D eigenvalue weighted by Gasteiger charge is 2.50. The minimum Gasteiger partial charge on any atom is -0.374 e. The molecule has 0 bridgehead atoms. The Labute approximate surface area is 129 Å². The Hall–Kier alpha value is -2.16. The fraction of sp³-hybridized carbons (Fsp3) is 0.429. The van der Waals surface area contributed by atoms with E-state index in [4.69, 9.17) is 0 Å². The van der Waals surface area contributed by atoms with E-state index in [1.54, 1.807) is 0 Å². The van der Waals surface area contributed by atoms with E-state index in [9.17, 15) is 27.2 Å². The summed E-state index contributed by atoms with van der Waals surface area (Å²) in [4.78, 5) is 25.0. The zero-order valence-corrected chi connectivity index (χ0v) is 12.1. The molecular formula is C14H14F4N2O3. The largest absolute Gasteiger partial charge is 0.374 e. The SMILES string of the molecule is C[C@]1(c2ccc(F)cc2F)NC(=O)N(CCOCC(F)F)C1=O. The fourth-order valence-electron chi connectivity index (χ4n) is 2.31. The second-order valence-electron chi connectivity index (χ2n) is 5.10. The number of rotatable bonds is 6. The first kappa shape index (κ1) is 17.2. The quantitative estimate of drug-likeness (QED) is 0.492. The number of nitrogens with one attached hydrogen (secondary N) is 1. The third-order valence-electron chi connectivity index (χ3n) is 3.45. The Balaban J connectivity index is 2.13. The van der Waals surface area contributed by atoms with E-state index in [0.717, 1.165) is 17.0 Å². The summed E-state index contributed by atoms with van der Waals surface area (Å²) in [7, 11) is 0. The molecular weight excluding hydrogens is 320 g/mol. The summed E-state index contributed by atoms with van der Waals surface area (Å²) in [5.74, 6) is -2.56. The van der Waals surface area contributed by atoms with Crippen LogP contribution >= 0.6 is 0 Å². The Morgan fingerprint density at radius 3 is 2.61 bits per heavy atom. The Morgan fingerprint density at radius 2 is 2.00 bits per heavy atom. The number of nitrogens with zero attached hydrogens (tertiary/aromatic N) is 1. The average Bonchev–Trinajstić information content (AvgIpc) is 2.66. The molecule has 0 unspecified atom stereocenters. The first-order valence-electron chi connectivity index (χ1n) is 6.71. The van der Waals surface area contributed by atoms with E-state index < -0.39 is 42.1 Å². The highest BCUT2D eigenvalue weighted by molar-refractivity contribution is 6.07. The van der Waals surface area contributed by atoms with Gasteiger partial charge in [-0.2, -0.15) is 0 Å². The summed E-state index contributed by atoms with van der Waals surface area (Å²) in [6, 6.07) is 1.84. The molecule has 1 aliphatic rings. The molecule has 1 saturated heterocycles. The maximum absolute atomic E-state index is 13.9. The number of benzene rings is 1. The van der Waals surface area contributed by atoms with Crippen LogP contribution in [0.4, 0.5) is 22.4 Å². The summed E-state index contributed by atoms with van der Waals surface area (Å²) in [5.41, 5.74) is -1.88. The Morgan fingerprint density at radius 1 is 1.30 bits per heavy atom. The van der Waals surface area contributed by atoms with Crippen molar-refractivity contribution in [1.29, 1.82) is 0 Å². The van der Waals surface area contributed by atoms with Crippen molar-refractivity contribution < 1.29 is 31.9 Å². The van der Waals surface area contributed by atoms with Gasteiger partial charge in [-0.15, -0.1) is 0 Å². The molecule has 1 N–H and O–H groups in total. The van der Waals surface area contributed by atoms with E-state index in [2.05, 4.69) is 10.1 Å². The molecule has 0 radical (unpaired) electrons. The van der Waals surface area contributed by atoms with Gasteiger partial charge in [0, 0.05) is 11.6 Å². The standard InChI is InChI=1S/C14H14F4N2O3/c1-14(9-3-2-8(15)6-10(9)16)12(21)20(13(22)19-14)4-5-23-7-11(17)18/h2-3,6,11H,4-5,7H2,1H3,(H,19,22)/t14-/m1/s1. The summed E-state index contributed by atoms with van der Waals surface area (Å²) >= 11 is 0. The lowest BCUT2D eigenvalue weighted by Crippen LogP contribution is -2.42. The predicted octanol–water partition coefficient (Wildman–Crippen LogP) is 2.01. The topological polar surface area (TPSA) is 58.6 Å². The maximum Gasteiger partial charge on any atom is 0.325 e. The molecule has 0 spiro atoms. The van der Waals surface area contributed by atoms with Crippen LogP contribution in [0.15, 0.2) is 18.2 Å². The van der Waals surface area contributed by atoms with Crippen molar-refractivity contribution in [2.45, 2.75) is 18.9 Å². The summed E-state index contributed by atoms with van der Waals surface area (Å²) < 4.78 is 55.4. The minimum absolute atomic E-state index is 0.187. The third-order valence-corrected chi connectivity index (χ3v) is 3.45. The number of hydrogen-bond acceptors (Lipinski definition) is 3. The van der Waals surface area contributed by atoms with Gasteiger partial charge in [0.25, 0.3) is 12.3 Å². The second-order valence-corrected chi connectivity index (χ2v) is 5.10. The number of hydrogen-bond donors (Lipinski definition) is 1. The van der Waals surface area contributed by atoms with Crippen LogP contribution in [0.3, 0.4) is 0 Å². The molecule has 0 saturated carbocycles. The number of halogens is 4. The van der Waals surface area contributed by atoms with E-state index in [-0.39, 0.29) is 18.7 Å². The highest BCUT2D eigenvalue weighted by atomic mass is 19.3. The summed E-state index contributed by atoms with van der Waals surface area (Å²) in [5, 5.41) is 2.33. The van der Waals surface area contributed by atoms with Gasteiger partial charge in [-0.05, 0) is 13.0 Å². The lowest BCUT2D eigenvalue weighted by atomic mass is 9.91. The molecule has 2 rings (SSSR count). The molecule has 1 atom stereocenters. The monoisotopic (exact) mass is 334 g/mol. The van der Waals surface area contributed by atoms with Crippen LogP contribution in [0.1, 0.15) is 12.5 Å². The van der Waals surface area contributed by atoms with Gasteiger partial charge in [-0.25, -0.2) is 22.4 Å². The van der Waals surface area contributed by atoms with Gasteiger partial charge >= 0.3 is 6.03 Å². The Bertz CT molecular complexity index is 626. The van der Waals surface area contributed by atoms with Crippen molar-refractivity contribution in [1.82, 2.24) is 10.2 Å². The number of urea groups is 1. The number of carbonyl (C=O) groups excluding carboxylic acids is 2. The smallest absolute Gasteiger partial charge is 0.325 e. The number of alkyl halides is 2. The van der Waals surface area contributed by atoms with Crippen molar-refractivity contribution in [2.24, 2.45) is 0 Å². The van der Waals surface area contributed by atoms with Gasteiger partial charge < -0.3 is 10.1 Å². The van der Waals surface area contributed by atoms with Crippen LogP contribution in [0, 0.1) is 11.6 Å². The zero-order valence-electron chi connectivity index (χ0n) is 12.1. The lowest BCUT2D eigenvalue weighted by Gasteiger charge is -2.22. The van der Waals surface area contributed by atoms with Crippen molar-refractivity contribution in [3.05, 3.63) is 35.4 Å². The van der Waals surface area contributed by atoms with Crippen molar-refractivity contribution in [3.63, 3.8) is 0 Å². The van der Waals surface area contributed by atoms with E-state index in [0.29, 0.717) is 6.07 Å². The van der Waals surface area contributed by atoms with Gasteiger partial charge in [0.2, 0.25) is 0 Å². The van der Waals surface area contributed by atoms with Crippen LogP contribution in [0.25, 0.3) is 0 Å². The summed E-state index contributed by atoms with van der Waals surface area (Å²) in [6.07, 6.45) is -2.66. The normalized spacial score (nSPS) is 21.2. The first-order chi connectivity index (χ1) is 10.8. The first-order valence-corrected chi connectivity index (χ1v) is 6.71. The minimum atomic E-state index is -2.66. The van der Waals surface area contributed by atoms with Crippen LogP contribution in [-0.4, -0.2) is 43.0 Å². The van der Waals surface area contributed by atoms with Crippen LogP contribution in [0.5, 0.6) is 0 Å². The molecule has 5 nitrogen and oxygen atoms in total. The fourth-order valence-corrected chi connectivity index (χ4v) is 2.31. The van der Waals surface area contributed by atoms with E-state index >= 15 is 0 Å².